The number of hydrogen-bond donors (Lipinski definition) is 1. The van der Waals surface area contributed by atoms with Crippen LogP contribution in [0, 0.1) is 0 Å². The van der Waals surface area contributed by atoms with Crippen LogP contribution in [0.4, 0.5) is 5.82 Å². The molecule has 0 saturated carbocycles. The van der Waals surface area contributed by atoms with Crippen LogP contribution in [0.1, 0.15) is 5.56 Å². The third kappa shape index (κ3) is 3.66. The molecule has 1 radical (unpaired) electrons. The van der Waals surface area contributed by atoms with Gasteiger partial charge < -0.3 is 10.5 Å². The molecule has 159 valence electrons. The van der Waals surface area contributed by atoms with Crippen molar-refractivity contribution in [2.75, 3.05) is 13.4 Å². The lowest BCUT2D eigenvalue weighted by molar-refractivity contribution is 0.416. The number of pyridine rings is 1. The maximum Gasteiger partial charge on any atom is 0.332 e. The second-order valence-electron chi connectivity index (χ2n) is 6.57. The van der Waals surface area contributed by atoms with E-state index < -0.39 is 21.3 Å². The Morgan fingerprint density at radius 3 is 2.47 bits per heavy atom. The summed E-state index contributed by atoms with van der Waals surface area (Å²) in [7, 11) is 0.330. The van der Waals surface area contributed by atoms with Crippen LogP contribution in [0.5, 0.6) is 5.75 Å². The van der Waals surface area contributed by atoms with Gasteiger partial charge in [-0.25, -0.2) is 18.2 Å². The molecule has 0 saturated heterocycles. The minimum atomic E-state index is -3.86. The summed E-state index contributed by atoms with van der Waals surface area (Å²) < 4.78 is 34.9. The monoisotopic (exact) mass is 452 g/mol. The van der Waals surface area contributed by atoms with Crippen molar-refractivity contribution in [1.29, 1.82) is 0 Å². The summed E-state index contributed by atoms with van der Waals surface area (Å²) in [5, 5.41) is 0.470. The largest absolute Gasteiger partial charge is 0.496 e. The van der Waals surface area contributed by atoms with Gasteiger partial charge in [0.25, 0.3) is 15.6 Å². The van der Waals surface area contributed by atoms with Crippen LogP contribution in [0.25, 0.3) is 22.2 Å². The predicted molar refractivity (Wildman–Crippen MR) is 114 cm³/mol. The van der Waals surface area contributed by atoms with Crippen LogP contribution < -0.4 is 26.4 Å². The molecular weight excluding hydrogens is 434 g/mol. The van der Waals surface area contributed by atoms with Gasteiger partial charge in [0.05, 0.1) is 18.8 Å². The first-order valence-corrected chi connectivity index (χ1v) is 10.8. The van der Waals surface area contributed by atoms with E-state index in [9.17, 15) is 18.0 Å². The summed E-state index contributed by atoms with van der Waals surface area (Å²) in [6.07, 6.45) is 0.908. The molecule has 0 atom stereocenters. The maximum absolute atomic E-state index is 13.1. The molecule has 0 aliphatic carbocycles. The van der Waals surface area contributed by atoms with Crippen LogP contribution in [-0.2, 0) is 30.7 Å². The number of hydrogen-bond acceptors (Lipinski definition) is 7. The molecule has 2 N–H and O–H groups in total. The molecular formula is C18H19ClN5O5S. The molecule has 10 nitrogen and oxygen atoms in total. The molecule has 0 bridgehead atoms. The number of methoxy groups -OCH3 is 1. The van der Waals surface area contributed by atoms with Crippen LogP contribution in [0.15, 0.2) is 27.8 Å². The first kappa shape index (κ1) is 21.8. The van der Waals surface area contributed by atoms with Gasteiger partial charge in [-0.15, -0.1) is 4.72 Å². The molecule has 0 fully saturated rings. The SMILES string of the molecule is COc1cc(Cl)ccc1-c1c(CN)c([N]S(C)(=O)=O)nc2c1c(=O)n(C)c(=O)n2C. The number of rotatable bonds is 5. The number of sulfonamides is 1. The van der Waals surface area contributed by atoms with Crippen molar-refractivity contribution in [1.82, 2.24) is 18.8 Å². The highest BCUT2D eigenvalue weighted by Gasteiger charge is 2.25. The zero-order valence-corrected chi connectivity index (χ0v) is 18.2. The highest BCUT2D eigenvalue weighted by Crippen LogP contribution is 2.39. The molecule has 2 aromatic heterocycles. The molecule has 1 aromatic carbocycles. The summed E-state index contributed by atoms with van der Waals surface area (Å²) >= 11 is 6.07. The topological polar surface area (TPSA) is 140 Å². The molecule has 0 unspecified atom stereocenters. The number of ether oxygens (including phenoxy) is 1. The average Bonchev–Trinajstić information content (AvgIpc) is 2.68. The zero-order valence-electron chi connectivity index (χ0n) is 16.6. The molecule has 12 heteroatoms. The van der Waals surface area contributed by atoms with Crippen molar-refractivity contribution in [2.24, 2.45) is 19.8 Å². The van der Waals surface area contributed by atoms with Gasteiger partial charge in [0, 0.05) is 42.4 Å². The molecule has 0 amide bonds. The highest BCUT2D eigenvalue weighted by molar-refractivity contribution is 7.88. The fourth-order valence-electron chi connectivity index (χ4n) is 3.21. The lowest BCUT2D eigenvalue weighted by Crippen LogP contribution is -2.38. The quantitative estimate of drug-likeness (QED) is 0.598. The average molecular weight is 453 g/mol. The van der Waals surface area contributed by atoms with Crippen molar-refractivity contribution < 1.29 is 13.2 Å². The summed E-state index contributed by atoms with van der Waals surface area (Å²) in [5.41, 5.74) is 5.57. The van der Waals surface area contributed by atoms with E-state index in [-0.39, 0.29) is 34.5 Å². The van der Waals surface area contributed by atoms with Gasteiger partial charge in [0.1, 0.15) is 5.75 Å². The van der Waals surface area contributed by atoms with Crippen molar-refractivity contribution in [3.63, 3.8) is 0 Å². The van der Waals surface area contributed by atoms with E-state index in [1.165, 1.54) is 21.2 Å². The number of aryl methyl sites for hydroxylation is 1. The number of fused-ring (bicyclic) bond motifs is 1. The molecule has 0 spiro atoms. The summed E-state index contributed by atoms with van der Waals surface area (Å²) in [5.74, 6) is 0.119. The smallest absolute Gasteiger partial charge is 0.332 e. The Kier molecular flexibility index (Phi) is 5.63. The highest BCUT2D eigenvalue weighted by atomic mass is 35.5. The predicted octanol–water partition coefficient (Wildman–Crippen LogP) is 0.615. The second-order valence-corrected chi connectivity index (χ2v) is 8.65. The van der Waals surface area contributed by atoms with Gasteiger partial charge in [-0.2, -0.15) is 0 Å². The van der Waals surface area contributed by atoms with Crippen LogP contribution in [-0.4, -0.2) is 35.9 Å². The Labute approximate surface area is 176 Å². The minimum Gasteiger partial charge on any atom is -0.496 e. The molecule has 0 aliphatic heterocycles. The van der Waals surface area contributed by atoms with Gasteiger partial charge in [-0.1, -0.05) is 11.6 Å². The summed E-state index contributed by atoms with van der Waals surface area (Å²) in [6.45, 7) is -0.176. The van der Waals surface area contributed by atoms with Gasteiger partial charge in [0.2, 0.25) is 0 Å². The fourth-order valence-corrected chi connectivity index (χ4v) is 3.84. The molecule has 2 heterocycles. The first-order valence-electron chi connectivity index (χ1n) is 8.59. The molecule has 3 rings (SSSR count). The van der Waals surface area contributed by atoms with E-state index in [2.05, 4.69) is 9.71 Å². The number of nitrogens with two attached hydrogens (primary N) is 1. The van der Waals surface area contributed by atoms with E-state index in [1.54, 1.807) is 18.2 Å². The fraction of sp³-hybridized carbons (Fsp3) is 0.278. The van der Waals surface area contributed by atoms with Crippen LogP contribution in [0.2, 0.25) is 5.02 Å². The third-order valence-corrected chi connectivity index (χ3v) is 5.30. The zero-order chi connectivity index (χ0) is 22.4. The summed E-state index contributed by atoms with van der Waals surface area (Å²) in [4.78, 5) is 29.7. The van der Waals surface area contributed by atoms with Crippen molar-refractivity contribution in [2.45, 2.75) is 6.54 Å². The number of halogens is 1. The summed E-state index contributed by atoms with van der Waals surface area (Å²) in [6, 6.07) is 4.75. The Bertz CT molecular complexity index is 1400. The standard InChI is InChI=1S/C18H19ClN5O5S/c1-23-16-14(17(25)24(2)18(23)26)13(10-6-5-9(19)7-12(10)29-3)11(8-20)15(21-16)22-30(4,27)28/h5-7H,8,20H2,1-4H3. The minimum absolute atomic E-state index is 0.0327. The normalized spacial score (nSPS) is 11.7. The van der Waals surface area contributed by atoms with Crippen LogP contribution in [0.3, 0.4) is 0 Å². The van der Waals surface area contributed by atoms with Crippen LogP contribution >= 0.6 is 11.6 Å². The van der Waals surface area contributed by atoms with Gasteiger partial charge in [-0.3, -0.25) is 13.9 Å². The van der Waals surface area contributed by atoms with E-state index in [4.69, 9.17) is 22.1 Å². The lowest BCUT2D eigenvalue weighted by atomic mass is 9.96. The lowest BCUT2D eigenvalue weighted by Gasteiger charge is -2.18. The van der Waals surface area contributed by atoms with E-state index in [1.807, 2.05) is 0 Å². The van der Waals surface area contributed by atoms with E-state index >= 15 is 0 Å². The second kappa shape index (κ2) is 7.74. The number of nitrogens with zero attached hydrogens (tertiary/aromatic N) is 4. The molecule has 30 heavy (non-hydrogen) atoms. The molecule has 3 aromatic rings. The van der Waals surface area contributed by atoms with Gasteiger partial charge >= 0.3 is 5.69 Å². The Morgan fingerprint density at radius 1 is 1.23 bits per heavy atom. The third-order valence-electron chi connectivity index (χ3n) is 4.56. The number of benzene rings is 1. The van der Waals surface area contributed by atoms with Gasteiger partial charge in [-0.05, 0) is 18.2 Å². The number of aromatic nitrogens is 3. The Morgan fingerprint density at radius 2 is 1.90 bits per heavy atom. The Hall–Kier alpha value is -2.89. The maximum atomic E-state index is 13.1. The van der Waals surface area contributed by atoms with E-state index in [0.717, 1.165) is 15.4 Å². The van der Waals surface area contributed by atoms with Crippen molar-refractivity contribution >= 4 is 38.5 Å². The molecule has 0 aliphatic rings. The van der Waals surface area contributed by atoms with Gasteiger partial charge in [0.15, 0.2) is 11.5 Å². The van der Waals surface area contributed by atoms with Crippen molar-refractivity contribution in [3.05, 3.63) is 49.6 Å². The van der Waals surface area contributed by atoms with E-state index in [0.29, 0.717) is 16.3 Å². The first-order chi connectivity index (χ1) is 14.0. The van der Waals surface area contributed by atoms with Crippen molar-refractivity contribution in [3.8, 4) is 16.9 Å². The Balaban J connectivity index is 2.66.